The van der Waals surface area contributed by atoms with Crippen LogP contribution in [-0.2, 0) is 14.3 Å². The van der Waals surface area contributed by atoms with E-state index >= 15 is 0 Å². The number of carbonyl (C=O) groups excluding carboxylic acids is 2. The third kappa shape index (κ3) is 2.22. The minimum atomic E-state index is -0.504. The quantitative estimate of drug-likeness (QED) is 0.633. The first-order valence-electron chi connectivity index (χ1n) is 5.23. The van der Waals surface area contributed by atoms with Gasteiger partial charge in [0.05, 0.1) is 13.0 Å². The van der Waals surface area contributed by atoms with Crippen molar-refractivity contribution >= 4 is 11.9 Å². The molecule has 0 radical (unpaired) electrons. The van der Waals surface area contributed by atoms with Crippen LogP contribution >= 0.6 is 0 Å². The molecule has 0 amide bonds. The average molecular weight is 236 g/mol. The molecule has 1 aliphatic heterocycles. The summed E-state index contributed by atoms with van der Waals surface area (Å²) < 4.78 is 9.55. The van der Waals surface area contributed by atoms with Gasteiger partial charge in [0.2, 0.25) is 0 Å². The molecule has 0 saturated carbocycles. The van der Waals surface area contributed by atoms with Gasteiger partial charge in [-0.2, -0.15) is 0 Å². The summed E-state index contributed by atoms with van der Waals surface area (Å²) in [5, 5.41) is 9.37. The van der Waals surface area contributed by atoms with E-state index in [2.05, 4.69) is 4.74 Å². The minimum absolute atomic E-state index is 0.0742. The maximum Gasteiger partial charge on any atom is 0.318 e. The zero-order valence-electron chi connectivity index (χ0n) is 9.30. The van der Waals surface area contributed by atoms with Crippen LogP contribution in [0.2, 0.25) is 0 Å². The summed E-state index contributed by atoms with van der Waals surface area (Å²) in [5.41, 5.74) is 0.624. The standard InChI is InChI=1S/C12H12O5/c1-16-11(14)5-3-8-9-6-7(13)2-4-10(9)17-12(8)15/h2,4,6,8,13H,3,5H2,1H3. The molecule has 5 heteroatoms. The minimum Gasteiger partial charge on any atom is -0.508 e. The molecule has 1 heterocycles. The Balaban J connectivity index is 2.16. The Bertz CT molecular complexity index is 466. The summed E-state index contributed by atoms with van der Waals surface area (Å²) in [5.74, 6) is -0.745. The van der Waals surface area contributed by atoms with Crippen molar-refractivity contribution in [3.8, 4) is 11.5 Å². The molecule has 1 N–H and O–H groups in total. The molecular weight excluding hydrogens is 224 g/mol. The third-order valence-corrected chi connectivity index (χ3v) is 2.73. The predicted octanol–water partition coefficient (Wildman–Crippen LogP) is 1.35. The molecule has 0 aliphatic carbocycles. The Morgan fingerprint density at radius 1 is 1.53 bits per heavy atom. The highest BCUT2D eigenvalue weighted by Crippen LogP contribution is 2.39. The number of hydrogen-bond acceptors (Lipinski definition) is 5. The molecule has 1 aliphatic rings. The van der Waals surface area contributed by atoms with E-state index in [9.17, 15) is 14.7 Å². The molecule has 0 aromatic heterocycles. The molecule has 17 heavy (non-hydrogen) atoms. The molecule has 90 valence electrons. The number of fused-ring (bicyclic) bond motifs is 1. The summed E-state index contributed by atoms with van der Waals surface area (Å²) in [7, 11) is 1.30. The van der Waals surface area contributed by atoms with Gasteiger partial charge in [0.1, 0.15) is 11.5 Å². The van der Waals surface area contributed by atoms with Gasteiger partial charge in [-0.15, -0.1) is 0 Å². The SMILES string of the molecule is COC(=O)CCC1C(=O)Oc2ccc(O)cc21. The van der Waals surface area contributed by atoms with Gasteiger partial charge in [-0.3, -0.25) is 9.59 Å². The van der Waals surface area contributed by atoms with Crippen molar-refractivity contribution in [1.29, 1.82) is 0 Å². The number of phenols is 1. The Morgan fingerprint density at radius 3 is 3.00 bits per heavy atom. The van der Waals surface area contributed by atoms with Crippen LogP contribution in [0, 0.1) is 0 Å². The lowest BCUT2D eigenvalue weighted by atomic mass is 9.95. The van der Waals surface area contributed by atoms with Crippen LogP contribution < -0.4 is 4.74 Å². The van der Waals surface area contributed by atoms with Crippen molar-refractivity contribution in [2.24, 2.45) is 0 Å². The van der Waals surface area contributed by atoms with Crippen LogP contribution in [0.4, 0.5) is 0 Å². The number of rotatable bonds is 3. The molecule has 0 spiro atoms. The number of phenolic OH excluding ortho intramolecular Hbond substituents is 1. The van der Waals surface area contributed by atoms with Gasteiger partial charge >= 0.3 is 11.9 Å². The maximum atomic E-state index is 11.6. The van der Waals surface area contributed by atoms with Crippen molar-refractivity contribution in [2.45, 2.75) is 18.8 Å². The van der Waals surface area contributed by atoms with E-state index in [1.54, 1.807) is 6.07 Å². The molecule has 0 bridgehead atoms. The fraction of sp³-hybridized carbons (Fsp3) is 0.333. The van der Waals surface area contributed by atoms with Crippen LogP contribution in [-0.4, -0.2) is 24.2 Å². The number of benzene rings is 1. The van der Waals surface area contributed by atoms with E-state index in [1.165, 1.54) is 19.2 Å². The van der Waals surface area contributed by atoms with E-state index in [-0.39, 0.29) is 18.1 Å². The smallest absolute Gasteiger partial charge is 0.318 e. The fourth-order valence-corrected chi connectivity index (χ4v) is 1.85. The lowest BCUT2D eigenvalue weighted by Crippen LogP contribution is -2.12. The molecule has 2 rings (SSSR count). The largest absolute Gasteiger partial charge is 0.508 e. The van der Waals surface area contributed by atoms with Crippen LogP contribution in [0.3, 0.4) is 0 Å². The van der Waals surface area contributed by atoms with Crippen molar-refractivity contribution in [3.63, 3.8) is 0 Å². The summed E-state index contributed by atoms with van der Waals surface area (Å²) >= 11 is 0. The van der Waals surface area contributed by atoms with Gasteiger partial charge in [-0.25, -0.2) is 0 Å². The third-order valence-electron chi connectivity index (χ3n) is 2.73. The lowest BCUT2D eigenvalue weighted by molar-refractivity contribution is -0.141. The number of methoxy groups -OCH3 is 1. The zero-order chi connectivity index (χ0) is 12.4. The highest BCUT2D eigenvalue weighted by Gasteiger charge is 2.33. The number of aromatic hydroxyl groups is 1. The van der Waals surface area contributed by atoms with Gasteiger partial charge < -0.3 is 14.6 Å². The van der Waals surface area contributed by atoms with Crippen LogP contribution in [0.15, 0.2) is 18.2 Å². The van der Waals surface area contributed by atoms with E-state index in [0.717, 1.165) is 0 Å². The first-order chi connectivity index (χ1) is 8.11. The van der Waals surface area contributed by atoms with Crippen molar-refractivity contribution in [1.82, 2.24) is 0 Å². The van der Waals surface area contributed by atoms with E-state index in [1.807, 2.05) is 0 Å². The summed E-state index contributed by atoms with van der Waals surface area (Å²) in [6, 6.07) is 4.48. The number of ether oxygens (including phenoxy) is 2. The Hall–Kier alpha value is -2.04. The number of hydrogen-bond donors (Lipinski definition) is 1. The summed E-state index contributed by atoms with van der Waals surface area (Å²) in [6.45, 7) is 0. The highest BCUT2D eigenvalue weighted by atomic mass is 16.5. The topological polar surface area (TPSA) is 72.8 Å². The molecule has 0 saturated heterocycles. The van der Waals surface area contributed by atoms with Crippen molar-refractivity contribution < 1.29 is 24.2 Å². The Kier molecular flexibility index (Phi) is 2.99. The molecular formula is C12H12O5. The van der Waals surface area contributed by atoms with E-state index in [4.69, 9.17) is 4.74 Å². The van der Waals surface area contributed by atoms with Gasteiger partial charge in [0, 0.05) is 12.0 Å². The molecule has 1 atom stereocenters. The monoisotopic (exact) mass is 236 g/mol. The average Bonchev–Trinajstić information content (AvgIpc) is 2.61. The molecule has 1 unspecified atom stereocenters. The normalized spacial score (nSPS) is 17.5. The van der Waals surface area contributed by atoms with Crippen LogP contribution in [0.1, 0.15) is 24.3 Å². The zero-order valence-corrected chi connectivity index (χ0v) is 9.30. The lowest BCUT2D eigenvalue weighted by Gasteiger charge is -2.05. The van der Waals surface area contributed by atoms with E-state index in [0.29, 0.717) is 17.7 Å². The summed E-state index contributed by atoms with van der Waals surface area (Å²) in [6.07, 6.45) is 0.466. The van der Waals surface area contributed by atoms with Gasteiger partial charge in [0.25, 0.3) is 0 Å². The number of esters is 2. The van der Waals surface area contributed by atoms with Crippen LogP contribution in [0.25, 0.3) is 0 Å². The number of carbonyl (C=O) groups is 2. The van der Waals surface area contributed by atoms with Gasteiger partial charge in [-0.05, 0) is 24.6 Å². The molecule has 0 fully saturated rings. The van der Waals surface area contributed by atoms with E-state index < -0.39 is 11.9 Å². The van der Waals surface area contributed by atoms with Crippen molar-refractivity contribution in [3.05, 3.63) is 23.8 Å². The van der Waals surface area contributed by atoms with Crippen molar-refractivity contribution in [2.75, 3.05) is 7.11 Å². The Morgan fingerprint density at radius 2 is 2.29 bits per heavy atom. The summed E-state index contributed by atoms with van der Waals surface area (Å²) in [4.78, 5) is 22.6. The predicted molar refractivity (Wildman–Crippen MR) is 57.7 cm³/mol. The second-order valence-electron chi connectivity index (χ2n) is 3.81. The van der Waals surface area contributed by atoms with Crippen LogP contribution in [0.5, 0.6) is 11.5 Å². The fourth-order valence-electron chi connectivity index (χ4n) is 1.85. The second-order valence-corrected chi connectivity index (χ2v) is 3.81. The first kappa shape index (κ1) is 11.4. The molecule has 1 aromatic carbocycles. The van der Waals surface area contributed by atoms with Gasteiger partial charge in [0.15, 0.2) is 0 Å². The Labute approximate surface area is 98.0 Å². The maximum absolute atomic E-state index is 11.6. The molecule has 1 aromatic rings. The second kappa shape index (κ2) is 4.45. The molecule has 5 nitrogen and oxygen atoms in total. The van der Waals surface area contributed by atoms with Gasteiger partial charge in [-0.1, -0.05) is 0 Å². The highest BCUT2D eigenvalue weighted by molar-refractivity contribution is 5.86. The first-order valence-corrected chi connectivity index (χ1v) is 5.23.